The van der Waals surface area contributed by atoms with E-state index in [1.54, 1.807) is 0 Å². The standard InChI is InChI=1S/C10H21NO/c1-2-3-5-10(11)6-4-8-12-9-7-10/h2-9,11H2,1H3. The van der Waals surface area contributed by atoms with Crippen LogP contribution in [0.25, 0.3) is 0 Å². The normalized spacial score (nSPS) is 31.5. The lowest BCUT2D eigenvalue weighted by Crippen LogP contribution is -2.39. The summed E-state index contributed by atoms with van der Waals surface area (Å²) in [6, 6.07) is 0. The Hall–Kier alpha value is -0.0800. The first-order valence-electron chi connectivity index (χ1n) is 5.13. The van der Waals surface area contributed by atoms with Gasteiger partial charge in [-0.1, -0.05) is 19.8 Å². The first kappa shape index (κ1) is 10.0. The average molecular weight is 171 g/mol. The van der Waals surface area contributed by atoms with Crippen molar-refractivity contribution in [2.45, 2.75) is 51.0 Å². The third-order valence-electron chi connectivity index (χ3n) is 2.74. The molecule has 0 aromatic rings. The van der Waals surface area contributed by atoms with Crippen LogP contribution in [0.3, 0.4) is 0 Å². The quantitative estimate of drug-likeness (QED) is 0.705. The van der Waals surface area contributed by atoms with Gasteiger partial charge in [-0.2, -0.15) is 0 Å². The van der Waals surface area contributed by atoms with Gasteiger partial charge in [-0.05, 0) is 25.7 Å². The predicted molar refractivity (Wildman–Crippen MR) is 51.1 cm³/mol. The molecular formula is C10H21NO. The molecule has 1 fully saturated rings. The van der Waals surface area contributed by atoms with E-state index in [4.69, 9.17) is 10.5 Å². The van der Waals surface area contributed by atoms with E-state index in [2.05, 4.69) is 6.92 Å². The number of ether oxygens (including phenoxy) is 1. The Morgan fingerprint density at radius 2 is 2.17 bits per heavy atom. The van der Waals surface area contributed by atoms with E-state index in [-0.39, 0.29) is 5.54 Å². The van der Waals surface area contributed by atoms with Gasteiger partial charge in [0, 0.05) is 18.8 Å². The van der Waals surface area contributed by atoms with E-state index in [0.717, 1.165) is 32.5 Å². The van der Waals surface area contributed by atoms with Gasteiger partial charge in [0.2, 0.25) is 0 Å². The molecule has 0 bridgehead atoms. The van der Waals surface area contributed by atoms with Gasteiger partial charge in [0.15, 0.2) is 0 Å². The van der Waals surface area contributed by atoms with E-state index in [1.807, 2.05) is 0 Å². The molecule has 1 heterocycles. The second kappa shape index (κ2) is 4.83. The third kappa shape index (κ3) is 3.11. The Labute approximate surface area is 75.5 Å². The van der Waals surface area contributed by atoms with Gasteiger partial charge in [-0.25, -0.2) is 0 Å². The molecule has 2 heteroatoms. The monoisotopic (exact) mass is 171 g/mol. The molecule has 0 saturated carbocycles. The summed E-state index contributed by atoms with van der Waals surface area (Å²) >= 11 is 0. The van der Waals surface area contributed by atoms with Crippen LogP contribution in [0, 0.1) is 0 Å². The molecule has 72 valence electrons. The van der Waals surface area contributed by atoms with Crippen LogP contribution in [0.5, 0.6) is 0 Å². The Balaban J connectivity index is 2.32. The van der Waals surface area contributed by atoms with E-state index in [9.17, 15) is 0 Å². The summed E-state index contributed by atoms with van der Waals surface area (Å²) in [7, 11) is 0. The van der Waals surface area contributed by atoms with Gasteiger partial charge in [-0.15, -0.1) is 0 Å². The second-order valence-corrected chi connectivity index (χ2v) is 3.93. The van der Waals surface area contributed by atoms with Crippen molar-refractivity contribution in [3.8, 4) is 0 Å². The number of unbranched alkanes of at least 4 members (excludes halogenated alkanes) is 1. The summed E-state index contributed by atoms with van der Waals surface area (Å²) in [5.41, 5.74) is 6.35. The highest BCUT2D eigenvalue weighted by atomic mass is 16.5. The summed E-state index contributed by atoms with van der Waals surface area (Å²) in [4.78, 5) is 0. The number of nitrogens with two attached hydrogens (primary N) is 1. The first-order valence-corrected chi connectivity index (χ1v) is 5.13. The van der Waals surface area contributed by atoms with Gasteiger partial charge >= 0.3 is 0 Å². The van der Waals surface area contributed by atoms with Crippen LogP contribution < -0.4 is 5.73 Å². The minimum absolute atomic E-state index is 0.0898. The highest BCUT2D eigenvalue weighted by Crippen LogP contribution is 2.23. The third-order valence-corrected chi connectivity index (χ3v) is 2.74. The zero-order valence-corrected chi connectivity index (χ0v) is 8.14. The van der Waals surface area contributed by atoms with E-state index in [0.29, 0.717) is 0 Å². The van der Waals surface area contributed by atoms with Crippen LogP contribution in [0.1, 0.15) is 45.4 Å². The number of hydrogen-bond acceptors (Lipinski definition) is 2. The molecule has 1 rings (SSSR count). The Morgan fingerprint density at radius 1 is 1.33 bits per heavy atom. The van der Waals surface area contributed by atoms with Gasteiger partial charge in [-0.3, -0.25) is 0 Å². The molecule has 2 nitrogen and oxygen atoms in total. The minimum atomic E-state index is 0.0898. The van der Waals surface area contributed by atoms with Crippen molar-refractivity contribution >= 4 is 0 Å². The van der Waals surface area contributed by atoms with Gasteiger partial charge in [0.05, 0.1) is 0 Å². The van der Waals surface area contributed by atoms with Gasteiger partial charge in [0.1, 0.15) is 0 Å². The number of rotatable bonds is 3. The van der Waals surface area contributed by atoms with Crippen molar-refractivity contribution in [3.05, 3.63) is 0 Å². The zero-order valence-electron chi connectivity index (χ0n) is 8.14. The largest absolute Gasteiger partial charge is 0.381 e. The molecule has 0 aliphatic carbocycles. The summed E-state index contributed by atoms with van der Waals surface area (Å²) in [6.45, 7) is 3.99. The summed E-state index contributed by atoms with van der Waals surface area (Å²) in [5.74, 6) is 0. The van der Waals surface area contributed by atoms with Crippen molar-refractivity contribution in [1.82, 2.24) is 0 Å². The molecule has 1 unspecified atom stereocenters. The summed E-state index contributed by atoms with van der Waals surface area (Å²) < 4.78 is 5.39. The molecule has 0 radical (unpaired) electrons. The molecule has 0 aromatic carbocycles. The highest BCUT2D eigenvalue weighted by molar-refractivity contribution is 4.84. The molecular weight excluding hydrogens is 150 g/mol. The van der Waals surface area contributed by atoms with Crippen molar-refractivity contribution in [2.24, 2.45) is 5.73 Å². The summed E-state index contributed by atoms with van der Waals surface area (Å²) in [5, 5.41) is 0. The van der Waals surface area contributed by atoms with Crippen molar-refractivity contribution in [3.63, 3.8) is 0 Å². The fourth-order valence-electron chi connectivity index (χ4n) is 1.81. The van der Waals surface area contributed by atoms with E-state index in [1.165, 1.54) is 19.3 Å². The smallest absolute Gasteiger partial charge is 0.0483 e. The lowest BCUT2D eigenvalue weighted by atomic mass is 9.86. The topological polar surface area (TPSA) is 35.2 Å². The molecule has 1 atom stereocenters. The lowest BCUT2D eigenvalue weighted by molar-refractivity contribution is 0.139. The molecule has 0 amide bonds. The van der Waals surface area contributed by atoms with Gasteiger partial charge < -0.3 is 10.5 Å². The Kier molecular flexibility index (Phi) is 4.02. The number of hydrogen-bond donors (Lipinski definition) is 1. The molecule has 1 saturated heterocycles. The van der Waals surface area contributed by atoms with Gasteiger partial charge in [0.25, 0.3) is 0 Å². The van der Waals surface area contributed by atoms with Crippen molar-refractivity contribution in [2.75, 3.05) is 13.2 Å². The fourth-order valence-corrected chi connectivity index (χ4v) is 1.81. The lowest BCUT2D eigenvalue weighted by Gasteiger charge is -2.27. The van der Waals surface area contributed by atoms with Crippen LogP contribution in [-0.4, -0.2) is 18.8 Å². The maximum Gasteiger partial charge on any atom is 0.0483 e. The molecule has 12 heavy (non-hydrogen) atoms. The van der Waals surface area contributed by atoms with Crippen LogP contribution in [0.2, 0.25) is 0 Å². The first-order chi connectivity index (χ1) is 5.77. The fraction of sp³-hybridized carbons (Fsp3) is 1.00. The zero-order chi connectivity index (χ0) is 8.86. The minimum Gasteiger partial charge on any atom is -0.381 e. The van der Waals surface area contributed by atoms with Crippen molar-refractivity contribution in [1.29, 1.82) is 0 Å². The Morgan fingerprint density at radius 3 is 2.92 bits per heavy atom. The van der Waals surface area contributed by atoms with E-state index >= 15 is 0 Å². The maximum atomic E-state index is 6.27. The Bertz CT molecular complexity index is 117. The van der Waals surface area contributed by atoms with Crippen LogP contribution >= 0.6 is 0 Å². The molecule has 0 spiro atoms. The molecule has 1 aliphatic heterocycles. The predicted octanol–water partition coefficient (Wildman–Crippen LogP) is 2.07. The average Bonchev–Trinajstić information content (AvgIpc) is 2.27. The highest BCUT2D eigenvalue weighted by Gasteiger charge is 2.25. The van der Waals surface area contributed by atoms with Crippen LogP contribution in [0.4, 0.5) is 0 Å². The van der Waals surface area contributed by atoms with Crippen LogP contribution in [-0.2, 0) is 4.74 Å². The summed E-state index contributed by atoms with van der Waals surface area (Å²) in [6.07, 6.45) is 7.02. The SMILES string of the molecule is CCCCC1(N)CCCOCC1. The van der Waals surface area contributed by atoms with Crippen molar-refractivity contribution < 1.29 is 4.74 Å². The molecule has 1 aliphatic rings. The van der Waals surface area contributed by atoms with Crippen LogP contribution in [0.15, 0.2) is 0 Å². The molecule has 0 aromatic heterocycles. The maximum absolute atomic E-state index is 6.27. The molecule has 2 N–H and O–H groups in total. The second-order valence-electron chi connectivity index (χ2n) is 3.93. The van der Waals surface area contributed by atoms with E-state index < -0.39 is 0 Å².